The number of aromatic nitrogens is 1. The van der Waals surface area contributed by atoms with Crippen LogP contribution in [0.3, 0.4) is 0 Å². The first kappa shape index (κ1) is 21.7. The number of sulfonamides is 1. The molecule has 1 aromatic carbocycles. The van der Waals surface area contributed by atoms with Crippen molar-refractivity contribution in [1.82, 2.24) is 9.29 Å². The predicted octanol–water partition coefficient (Wildman–Crippen LogP) is 2.13. The smallest absolute Gasteiger partial charge is 0.325 e. The van der Waals surface area contributed by atoms with Gasteiger partial charge in [-0.05, 0) is 35.8 Å². The van der Waals surface area contributed by atoms with E-state index < -0.39 is 32.5 Å². The minimum atomic E-state index is -4.06. The summed E-state index contributed by atoms with van der Waals surface area (Å²) in [4.78, 5) is 14.8. The number of benzene rings is 1. The molecule has 160 valence electrons. The number of pyridine rings is 1. The van der Waals surface area contributed by atoms with E-state index >= 15 is 0 Å². The monoisotopic (exact) mass is 439 g/mol. The molecule has 30 heavy (non-hydrogen) atoms. The molecule has 8 nitrogen and oxygen atoms in total. The van der Waals surface area contributed by atoms with E-state index in [1.807, 2.05) is 0 Å². The molecule has 1 aliphatic rings. The Balaban J connectivity index is 1.74. The summed E-state index contributed by atoms with van der Waals surface area (Å²) in [5.74, 6) is -2.52. The Bertz CT molecular complexity index is 1090. The number of aromatic hydroxyl groups is 1. The van der Waals surface area contributed by atoms with Gasteiger partial charge in [0, 0.05) is 25.4 Å². The van der Waals surface area contributed by atoms with Gasteiger partial charge in [-0.25, -0.2) is 22.2 Å². The molecular weight excluding hydrogens is 420 g/mol. The highest BCUT2D eigenvalue weighted by atomic mass is 32.2. The zero-order chi connectivity index (χ0) is 21.9. The number of rotatable bonds is 6. The molecule has 0 amide bonds. The van der Waals surface area contributed by atoms with Gasteiger partial charge in [0.1, 0.15) is 18.2 Å². The Hall–Kier alpha value is -3.05. The lowest BCUT2D eigenvalue weighted by molar-refractivity contribution is -0.138. The Morgan fingerprint density at radius 2 is 1.97 bits per heavy atom. The van der Waals surface area contributed by atoms with Gasteiger partial charge in [0.05, 0.1) is 12.0 Å². The summed E-state index contributed by atoms with van der Waals surface area (Å²) < 4.78 is 57.7. The number of anilines is 1. The molecule has 0 saturated carbocycles. The van der Waals surface area contributed by atoms with Gasteiger partial charge in [0.25, 0.3) is 0 Å². The maximum absolute atomic E-state index is 13.4. The molecular formula is C19H19F2N3O5S. The fraction of sp³-hybridized carbons (Fsp3) is 0.263. The predicted molar refractivity (Wildman–Crippen MR) is 104 cm³/mol. The van der Waals surface area contributed by atoms with Crippen LogP contribution in [0.2, 0.25) is 0 Å². The largest absolute Gasteiger partial charge is 0.504 e. The fourth-order valence-electron chi connectivity index (χ4n) is 2.95. The van der Waals surface area contributed by atoms with Gasteiger partial charge in [0.2, 0.25) is 10.0 Å². The number of nitrogens with one attached hydrogen (secondary N) is 1. The van der Waals surface area contributed by atoms with Crippen LogP contribution in [0, 0.1) is 11.6 Å². The number of halogens is 2. The van der Waals surface area contributed by atoms with Crippen LogP contribution in [0.25, 0.3) is 5.57 Å². The number of hydrogen-bond donors (Lipinski definition) is 2. The second-order valence-electron chi connectivity index (χ2n) is 6.47. The Labute approximate surface area is 171 Å². The van der Waals surface area contributed by atoms with Crippen molar-refractivity contribution in [2.45, 2.75) is 11.3 Å². The first-order chi connectivity index (χ1) is 14.2. The summed E-state index contributed by atoms with van der Waals surface area (Å²) in [6, 6.07) is 3.61. The highest BCUT2D eigenvalue weighted by Crippen LogP contribution is 2.30. The lowest BCUT2D eigenvalue weighted by Gasteiger charge is -2.26. The molecule has 11 heteroatoms. The first-order valence-electron chi connectivity index (χ1n) is 8.86. The van der Waals surface area contributed by atoms with Gasteiger partial charge in [-0.1, -0.05) is 6.08 Å². The van der Waals surface area contributed by atoms with Crippen molar-refractivity contribution in [2.75, 3.05) is 32.1 Å². The summed E-state index contributed by atoms with van der Waals surface area (Å²) >= 11 is 0. The van der Waals surface area contributed by atoms with Crippen LogP contribution in [0.5, 0.6) is 5.75 Å². The first-order valence-corrected chi connectivity index (χ1v) is 10.3. The maximum Gasteiger partial charge on any atom is 0.325 e. The van der Waals surface area contributed by atoms with E-state index in [0.717, 1.165) is 22.0 Å². The Morgan fingerprint density at radius 1 is 1.27 bits per heavy atom. The summed E-state index contributed by atoms with van der Waals surface area (Å²) in [7, 11) is -2.82. The van der Waals surface area contributed by atoms with Gasteiger partial charge in [-0.3, -0.25) is 4.79 Å². The molecule has 2 aromatic rings. The van der Waals surface area contributed by atoms with E-state index in [1.165, 1.54) is 19.4 Å². The third-order valence-corrected chi connectivity index (χ3v) is 6.35. The van der Waals surface area contributed by atoms with E-state index in [4.69, 9.17) is 0 Å². The topological polar surface area (TPSA) is 109 Å². The highest BCUT2D eigenvalue weighted by Gasteiger charge is 2.27. The Morgan fingerprint density at radius 3 is 2.53 bits per heavy atom. The van der Waals surface area contributed by atoms with Crippen LogP contribution in [0.15, 0.2) is 41.4 Å². The van der Waals surface area contributed by atoms with Crippen LogP contribution < -0.4 is 5.32 Å². The summed E-state index contributed by atoms with van der Waals surface area (Å²) in [6.45, 7) is -0.0685. The molecule has 0 saturated heterocycles. The van der Waals surface area contributed by atoms with Gasteiger partial charge < -0.3 is 15.2 Å². The van der Waals surface area contributed by atoms with Crippen molar-refractivity contribution in [3.8, 4) is 5.75 Å². The molecule has 0 bridgehead atoms. The number of esters is 1. The molecule has 1 aliphatic heterocycles. The zero-order valence-corrected chi connectivity index (χ0v) is 16.7. The Kier molecular flexibility index (Phi) is 6.32. The molecule has 0 radical (unpaired) electrons. The van der Waals surface area contributed by atoms with Crippen molar-refractivity contribution in [3.05, 3.63) is 53.7 Å². The van der Waals surface area contributed by atoms with Crippen molar-refractivity contribution in [3.63, 3.8) is 0 Å². The SMILES string of the molecule is COC(=O)CNc1ncc(C2=CCN(S(=O)(=O)c3cc(F)cc(F)c3)CC2)cc1O. The third kappa shape index (κ3) is 4.74. The molecule has 2 heterocycles. The molecule has 2 N–H and O–H groups in total. The molecule has 0 spiro atoms. The normalized spacial score (nSPS) is 14.8. The third-order valence-electron chi connectivity index (χ3n) is 4.51. The summed E-state index contributed by atoms with van der Waals surface area (Å²) in [5, 5.41) is 12.8. The average Bonchev–Trinajstić information content (AvgIpc) is 2.72. The van der Waals surface area contributed by atoms with Crippen molar-refractivity contribution >= 4 is 27.4 Å². The van der Waals surface area contributed by atoms with Gasteiger partial charge in [-0.2, -0.15) is 4.31 Å². The quantitative estimate of drug-likeness (QED) is 0.664. The number of ether oxygens (including phenoxy) is 1. The zero-order valence-electron chi connectivity index (χ0n) is 15.9. The maximum atomic E-state index is 13.4. The van der Waals surface area contributed by atoms with E-state index in [9.17, 15) is 27.1 Å². The molecule has 1 aromatic heterocycles. The van der Waals surface area contributed by atoms with Crippen LogP contribution in [-0.2, 0) is 19.6 Å². The van der Waals surface area contributed by atoms with E-state index in [1.54, 1.807) is 6.08 Å². The standard InChI is InChI=1S/C19H19F2N3O5S/c1-29-18(26)11-23-19-17(25)6-13(10-22-19)12-2-4-24(5-3-12)30(27,28)16-8-14(20)7-15(21)9-16/h2,6-10,25H,3-5,11H2,1H3,(H,22,23). The van der Waals surface area contributed by atoms with Crippen LogP contribution >= 0.6 is 0 Å². The summed E-state index contributed by atoms with van der Waals surface area (Å²) in [6.07, 6.45) is 3.44. The fourth-order valence-corrected chi connectivity index (χ4v) is 4.37. The molecule has 0 fully saturated rings. The van der Waals surface area contributed by atoms with Gasteiger partial charge >= 0.3 is 5.97 Å². The number of carbonyl (C=O) groups is 1. The minimum absolute atomic E-state index is 0.00109. The lowest BCUT2D eigenvalue weighted by Crippen LogP contribution is -2.34. The minimum Gasteiger partial charge on any atom is -0.504 e. The van der Waals surface area contributed by atoms with Gasteiger partial charge in [-0.15, -0.1) is 0 Å². The second kappa shape index (κ2) is 8.76. The van der Waals surface area contributed by atoms with Crippen LogP contribution in [0.1, 0.15) is 12.0 Å². The lowest BCUT2D eigenvalue weighted by atomic mass is 10.0. The molecule has 0 unspecified atom stereocenters. The average molecular weight is 439 g/mol. The second-order valence-corrected chi connectivity index (χ2v) is 8.41. The summed E-state index contributed by atoms with van der Waals surface area (Å²) in [5.41, 5.74) is 1.35. The number of hydrogen-bond acceptors (Lipinski definition) is 7. The van der Waals surface area contributed by atoms with E-state index in [2.05, 4.69) is 15.0 Å². The van der Waals surface area contributed by atoms with E-state index in [-0.39, 0.29) is 31.2 Å². The molecule has 0 aliphatic carbocycles. The highest BCUT2D eigenvalue weighted by molar-refractivity contribution is 7.89. The van der Waals surface area contributed by atoms with Gasteiger partial charge in [0.15, 0.2) is 11.6 Å². The van der Waals surface area contributed by atoms with E-state index in [0.29, 0.717) is 18.1 Å². The van der Waals surface area contributed by atoms with Crippen LogP contribution in [-0.4, -0.2) is 55.5 Å². The van der Waals surface area contributed by atoms with Crippen LogP contribution in [0.4, 0.5) is 14.6 Å². The number of nitrogens with zero attached hydrogens (tertiary/aromatic N) is 2. The number of carbonyl (C=O) groups excluding carboxylic acids is 1. The number of methoxy groups -OCH3 is 1. The molecule has 0 atom stereocenters. The van der Waals surface area contributed by atoms with Crippen molar-refractivity contribution < 1.29 is 31.8 Å². The van der Waals surface area contributed by atoms with Crippen molar-refractivity contribution in [1.29, 1.82) is 0 Å². The molecule has 3 rings (SSSR count). The van der Waals surface area contributed by atoms with Crippen molar-refractivity contribution in [2.24, 2.45) is 0 Å².